The standard InChI is InChI=1S/C21H24N2O3/c1-13-8-9-19(26-4)17(10-13)22-21(25)16-11-20(24)23(12-16)18-7-5-6-14(2)15(18)3/h5-10,16H,11-12H2,1-4H3,(H,22,25)/t16-/m1/s1. The normalized spacial score (nSPS) is 16.7. The average Bonchev–Trinajstić information content (AvgIpc) is 2.99. The van der Waals surface area contributed by atoms with Crippen LogP contribution in [0.1, 0.15) is 23.1 Å². The molecule has 1 heterocycles. The summed E-state index contributed by atoms with van der Waals surface area (Å²) in [5, 5.41) is 2.92. The van der Waals surface area contributed by atoms with E-state index in [0.717, 1.165) is 22.4 Å². The van der Waals surface area contributed by atoms with Gasteiger partial charge in [-0.2, -0.15) is 0 Å². The first-order valence-electron chi connectivity index (χ1n) is 8.72. The Balaban J connectivity index is 1.77. The predicted molar refractivity (Wildman–Crippen MR) is 103 cm³/mol. The van der Waals surface area contributed by atoms with Gasteiger partial charge in [0.15, 0.2) is 0 Å². The van der Waals surface area contributed by atoms with E-state index in [4.69, 9.17) is 4.74 Å². The number of nitrogens with zero attached hydrogens (tertiary/aromatic N) is 1. The molecule has 0 saturated carbocycles. The van der Waals surface area contributed by atoms with Crippen molar-refractivity contribution in [2.45, 2.75) is 27.2 Å². The van der Waals surface area contributed by atoms with Crippen LogP contribution in [0, 0.1) is 26.7 Å². The Morgan fingerprint density at radius 1 is 1.19 bits per heavy atom. The van der Waals surface area contributed by atoms with Crippen molar-refractivity contribution in [2.75, 3.05) is 23.9 Å². The molecule has 2 aromatic rings. The number of methoxy groups -OCH3 is 1. The first kappa shape index (κ1) is 18.0. The molecule has 26 heavy (non-hydrogen) atoms. The van der Waals surface area contributed by atoms with Crippen molar-refractivity contribution in [3.8, 4) is 5.75 Å². The Morgan fingerprint density at radius 2 is 1.96 bits per heavy atom. The van der Waals surface area contributed by atoms with Crippen LogP contribution in [0.3, 0.4) is 0 Å². The minimum atomic E-state index is -0.382. The third-order valence-electron chi connectivity index (χ3n) is 4.98. The summed E-state index contributed by atoms with van der Waals surface area (Å²) in [6, 6.07) is 11.5. The zero-order valence-electron chi connectivity index (χ0n) is 15.6. The number of hydrogen-bond donors (Lipinski definition) is 1. The van der Waals surface area contributed by atoms with Gasteiger partial charge in [0.1, 0.15) is 5.75 Å². The largest absolute Gasteiger partial charge is 0.495 e. The highest BCUT2D eigenvalue weighted by molar-refractivity contribution is 6.04. The summed E-state index contributed by atoms with van der Waals surface area (Å²) in [5.41, 5.74) is 4.75. The van der Waals surface area contributed by atoms with Crippen molar-refractivity contribution in [3.05, 3.63) is 53.1 Å². The molecule has 0 spiro atoms. The highest BCUT2D eigenvalue weighted by Gasteiger charge is 2.36. The van der Waals surface area contributed by atoms with Gasteiger partial charge < -0.3 is 15.0 Å². The summed E-state index contributed by atoms with van der Waals surface area (Å²) in [4.78, 5) is 26.9. The lowest BCUT2D eigenvalue weighted by Crippen LogP contribution is -2.28. The lowest BCUT2D eigenvalue weighted by molar-refractivity contribution is -0.122. The number of ether oxygens (including phenoxy) is 1. The summed E-state index contributed by atoms with van der Waals surface area (Å²) in [7, 11) is 1.57. The van der Waals surface area contributed by atoms with Crippen LogP contribution in [0.5, 0.6) is 5.75 Å². The van der Waals surface area contributed by atoms with Gasteiger partial charge in [0.2, 0.25) is 11.8 Å². The summed E-state index contributed by atoms with van der Waals surface area (Å²) in [6.45, 7) is 6.37. The molecule has 136 valence electrons. The minimum absolute atomic E-state index is 0.0185. The van der Waals surface area contributed by atoms with Crippen LogP contribution in [-0.4, -0.2) is 25.5 Å². The molecule has 0 bridgehead atoms. The average molecular weight is 352 g/mol. The number of anilines is 2. The van der Waals surface area contributed by atoms with Gasteiger partial charge in [0.05, 0.1) is 18.7 Å². The fourth-order valence-corrected chi connectivity index (χ4v) is 3.30. The van der Waals surface area contributed by atoms with Crippen LogP contribution in [0.25, 0.3) is 0 Å². The highest BCUT2D eigenvalue weighted by atomic mass is 16.5. The molecule has 5 nitrogen and oxygen atoms in total. The Labute approximate surface area is 154 Å². The lowest BCUT2D eigenvalue weighted by Gasteiger charge is -2.20. The van der Waals surface area contributed by atoms with Crippen molar-refractivity contribution in [1.82, 2.24) is 0 Å². The summed E-state index contributed by atoms with van der Waals surface area (Å²) < 4.78 is 5.31. The van der Waals surface area contributed by atoms with E-state index in [9.17, 15) is 9.59 Å². The van der Waals surface area contributed by atoms with E-state index < -0.39 is 0 Å². The minimum Gasteiger partial charge on any atom is -0.495 e. The number of amides is 2. The van der Waals surface area contributed by atoms with Gasteiger partial charge in [-0.3, -0.25) is 9.59 Å². The molecule has 3 rings (SSSR count). The van der Waals surface area contributed by atoms with E-state index >= 15 is 0 Å². The first-order chi connectivity index (χ1) is 12.4. The Hall–Kier alpha value is -2.82. The van der Waals surface area contributed by atoms with Crippen molar-refractivity contribution in [1.29, 1.82) is 0 Å². The van der Waals surface area contributed by atoms with Gasteiger partial charge in [-0.05, 0) is 55.7 Å². The van der Waals surface area contributed by atoms with Gasteiger partial charge >= 0.3 is 0 Å². The van der Waals surface area contributed by atoms with Crippen molar-refractivity contribution >= 4 is 23.2 Å². The summed E-state index contributed by atoms with van der Waals surface area (Å²) in [5.74, 6) is 0.0532. The van der Waals surface area contributed by atoms with Crippen molar-refractivity contribution in [3.63, 3.8) is 0 Å². The third kappa shape index (κ3) is 3.43. The molecule has 0 aromatic heterocycles. The van der Waals surface area contributed by atoms with Crippen LogP contribution >= 0.6 is 0 Å². The zero-order valence-corrected chi connectivity index (χ0v) is 15.6. The van der Waals surface area contributed by atoms with Gasteiger partial charge in [0, 0.05) is 18.7 Å². The van der Waals surface area contributed by atoms with Crippen LogP contribution in [0.4, 0.5) is 11.4 Å². The fraction of sp³-hybridized carbons (Fsp3) is 0.333. The van der Waals surface area contributed by atoms with E-state index in [0.29, 0.717) is 18.0 Å². The van der Waals surface area contributed by atoms with E-state index in [1.807, 2.05) is 57.2 Å². The first-order valence-corrected chi connectivity index (χ1v) is 8.72. The molecular weight excluding hydrogens is 328 g/mol. The molecule has 0 radical (unpaired) electrons. The van der Waals surface area contributed by atoms with E-state index in [1.54, 1.807) is 12.0 Å². The van der Waals surface area contributed by atoms with Crippen LogP contribution < -0.4 is 15.0 Å². The second-order valence-electron chi connectivity index (χ2n) is 6.82. The molecule has 1 fully saturated rings. The lowest BCUT2D eigenvalue weighted by atomic mass is 10.1. The van der Waals surface area contributed by atoms with E-state index in [2.05, 4.69) is 5.32 Å². The molecule has 1 atom stereocenters. The summed E-state index contributed by atoms with van der Waals surface area (Å²) in [6.07, 6.45) is 0.216. The zero-order chi connectivity index (χ0) is 18.8. The smallest absolute Gasteiger partial charge is 0.229 e. The van der Waals surface area contributed by atoms with Gasteiger partial charge in [0.25, 0.3) is 0 Å². The Kier molecular flexibility index (Phi) is 4.98. The number of benzene rings is 2. The number of aryl methyl sites for hydroxylation is 2. The maximum absolute atomic E-state index is 12.7. The fourth-order valence-electron chi connectivity index (χ4n) is 3.30. The quantitative estimate of drug-likeness (QED) is 0.914. The van der Waals surface area contributed by atoms with E-state index in [1.165, 1.54) is 0 Å². The SMILES string of the molecule is COc1ccc(C)cc1NC(=O)[C@@H]1CC(=O)N(c2cccc(C)c2C)C1. The van der Waals surface area contributed by atoms with Crippen molar-refractivity contribution < 1.29 is 14.3 Å². The number of nitrogens with one attached hydrogen (secondary N) is 1. The maximum atomic E-state index is 12.7. The van der Waals surface area contributed by atoms with Gasteiger partial charge in [-0.1, -0.05) is 18.2 Å². The highest BCUT2D eigenvalue weighted by Crippen LogP contribution is 2.31. The number of carbonyl (C=O) groups is 2. The molecule has 1 aliphatic heterocycles. The van der Waals surface area contributed by atoms with E-state index in [-0.39, 0.29) is 24.2 Å². The molecule has 2 amide bonds. The van der Waals surface area contributed by atoms with Crippen molar-refractivity contribution in [2.24, 2.45) is 5.92 Å². The molecule has 0 aliphatic carbocycles. The monoisotopic (exact) mass is 352 g/mol. The third-order valence-corrected chi connectivity index (χ3v) is 4.98. The summed E-state index contributed by atoms with van der Waals surface area (Å²) >= 11 is 0. The molecule has 0 unspecified atom stereocenters. The van der Waals surface area contributed by atoms with Crippen LogP contribution in [-0.2, 0) is 9.59 Å². The molecular formula is C21H24N2O3. The van der Waals surface area contributed by atoms with Crippen LogP contribution in [0.15, 0.2) is 36.4 Å². The predicted octanol–water partition coefficient (Wildman–Crippen LogP) is 3.61. The number of hydrogen-bond acceptors (Lipinski definition) is 3. The molecule has 5 heteroatoms. The number of rotatable bonds is 4. The number of carbonyl (C=O) groups excluding carboxylic acids is 2. The Morgan fingerprint density at radius 3 is 2.69 bits per heavy atom. The second-order valence-corrected chi connectivity index (χ2v) is 6.82. The molecule has 2 aromatic carbocycles. The Bertz CT molecular complexity index is 860. The maximum Gasteiger partial charge on any atom is 0.229 e. The van der Waals surface area contributed by atoms with Gasteiger partial charge in [-0.15, -0.1) is 0 Å². The molecule has 1 N–H and O–H groups in total. The molecule has 1 saturated heterocycles. The van der Waals surface area contributed by atoms with Crippen LogP contribution in [0.2, 0.25) is 0 Å². The molecule has 1 aliphatic rings. The topological polar surface area (TPSA) is 58.6 Å². The van der Waals surface area contributed by atoms with Gasteiger partial charge in [-0.25, -0.2) is 0 Å². The second kappa shape index (κ2) is 7.20.